The molecule has 0 rings (SSSR count). The van der Waals surface area contributed by atoms with Crippen LogP contribution in [0.5, 0.6) is 0 Å². The van der Waals surface area contributed by atoms with E-state index in [1.165, 1.54) is 0 Å². The zero-order valence-electron chi connectivity index (χ0n) is 5.63. The highest BCUT2D eigenvalue weighted by Crippen LogP contribution is 2.04. The van der Waals surface area contributed by atoms with Crippen LogP contribution in [0.3, 0.4) is 0 Å². The Morgan fingerprint density at radius 2 is 1.38 bits per heavy atom. The number of aliphatic hydroxyl groups is 2. The van der Waals surface area contributed by atoms with Gasteiger partial charge in [0.1, 0.15) is 0 Å². The Morgan fingerprint density at radius 1 is 1.00 bits per heavy atom. The molecule has 0 radical (unpaired) electrons. The maximum atomic E-state index is 8.95. The van der Waals surface area contributed by atoms with Crippen molar-refractivity contribution < 1.29 is 10.2 Å². The van der Waals surface area contributed by atoms with E-state index >= 15 is 0 Å². The van der Waals surface area contributed by atoms with Gasteiger partial charge in [-0.1, -0.05) is 13.8 Å². The SMILES string of the molecule is CC(C)C(O)[C@@H](C)O. The fourth-order valence-electron chi connectivity index (χ4n) is 0.557. The Labute approximate surface area is 50.2 Å². The van der Waals surface area contributed by atoms with E-state index in [2.05, 4.69) is 0 Å². The first-order valence-corrected chi connectivity index (χ1v) is 2.92. The fraction of sp³-hybridized carbons (Fsp3) is 1.00. The molecular formula is C6H14O2. The van der Waals surface area contributed by atoms with Gasteiger partial charge < -0.3 is 10.2 Å². The number of rotatable bonds is 2. The maximum absolute atomic E-state index is 8.95. The standard InChI is InChI=1S/C6H14O2/c1-4(2)6(8)5(3)7/h4-8H,1-3H3/t5-,6?/m1/s1. The normalized spacial score (nSPS) is 18.8. The van der Waals surface area contributed by atoms with Crippen LogP contribution in [0.2, 0.25) is 0 Å². The molecule has 0 aromatic rings. The summed E-state index contributed by atoms with van der Waals surface area (Å²) in [6.07, 6.45) is -1.18. The minimum absolute atomic E-state index is 0.148. The van der Waals surface area contributed by atoms with Crippen molar-refractivity contribution in [1.82, 2.24) is 0 Å². The van der Waals surface area contributed by atoms with Crippen molar-refractivity contribution in [3.8, 4) is 0 Å². The van der Waals surface area contributed by atoms with Gasteiger partial charge in [0.25, 0.3) is 0 Å². The molecule has 0 aliphatic carbocycles. The predicted octanol–water partition coefficient (Wildman–Crippen LogP) is 0.384. The second kappa shape index (κ2) is 3.05. The summed E-state index contributed by atoms with van der Waals surface area (Å²) in [6.45, 7) is 5.33. The van der Waals surface area contributed by atoms with Crippen molar-refractivity contribution in [3.05, 3.63) is 0 Å². The minimum atomic E-state index is -0.602. The molecule has 2 atom stereocenters. The van der Waals surface area contributed by atoms with Crippen LogP contribution >= 0.6 is 0 Å². The highest BCUT2D eigenvalue weighted by atomic mass is 16.3. The van der Waals surface area contributed by atoms with Crippen LogP contribution in [0.25, 0.3) is 0 Å². The van der Waals surface area contributed by atoms with Crippen LogP contribution in [0.1, 0.15) is 20.8 Å². The number of hydrogen-bond donors (Lipinski definition) is 2. The van der Waals surface area contributed by atoms with Crippen LogP contribution in [0, 0.1) is 5.92 Å². The smallest absolute Gasteiger partial charge is 0.0819 e. The summed E-state index contributed by atoms with van der Waals surface area (Å²) in [6, 6.07) is 0. The summed E-state index contributed by atoms with van der Waals surface area (Å²) in [5.74, 6) is 0.148. The van der Waals surface area contributed by atoms with Gasteiger partial charge in [0.05, 0.1) is 12.2 Å². The first kappa shape index (κ1) is 7.92. The molecule has 0 aromatic heterocycles. The molecule has 0 aliphatic rings. The molecule has 0 aromatic carbocycles. The number of hydrogen-bond acceptors (Lipinski definition) is 2. The summed E-state index contributed by atoms with van der Waals surface area (Å²) >= 11 is 0. The molecule has 0 aliphatic heterocycles. The van der Waals surface area contributed by atoms with E-state index in [0.29, 0.717) is 0 Å². The van der Waals surface area contributed by atoms with Crippen molar-refractivity contribution in [2.45, 2.75) is 33.0 Å². The van der Waals surface area contributed by atoms with E-state index in [9.17, 15) is 0 Å². The Kier molecular flexibility index (Phi) is 3.02. The van der Waals surface area contributed by atoms with E-state index in [-0.39, 0.29) is 5.92 Å². The van der Waals surface area contributed by atoms with Gasteiger partial charge in [-0.05, 0) is 12.8 Å². The average molecular weight is 118 g/mol. The van der Waals surface area contributed by atoms with Crippen molar-refractivity contribution in [2.24, 2.45) is 5.92 Å². The Morgan fingerprint density at radius 3 is 1.38 bits per heavy atom. The van der Waals surface area contributed by atoms with E-state index in [1.54, 1.807) is 6.92 Å². The second-order valence-electron chi connectivity index (χ2n) is 2.48. The van der Waals surface area contributed by atoms with Gasteiger partial charge in [-0.2, -0.15) is 0 Å². The summed E-state index contributed by atoms with van der Waals surface area (Å²) in [5, 5.41) is 17.7. The third kappa shape index (κ3) is 2.28. The van der Waals surface area contributed by atoms with Crippen molar-refractivity contribution in [3.63, 3.8) is 0 Å². The lowest BCUT2D eigenvalue weighted by Gasteiger charge is -2.16. The molecule has 0 amide bonds. The first-order chi connectivity index (χ1) is 3.55. The molecule has 2 N–H and O–H groups in total. The Hall–Kier alpha value is -0.0800. The minimum Gasteiger partial charge on any atom is -0.391 e. The van der Waals surface area contributed by atoms with E-state index in [0.717, 1.165) is 0 Å². The van der Waals surface area contributed by atoms with E-state index < -0.39 is 12.2 Å². The van der Waals surface area contributed by atoms with Gasteiger partial charge in [-0.3, -0.25) is 0 Å². The maximum Gasteiger partial charge on any atom is 0.0819 e. The third-order valence-corrected chi connectivity index (χ3v) is 1.18. The summed E-state index contributed by atoms with van der Waals surface area (Å²) < 4.78 is 0. The van der Waals surface area contributed by atoms with Crippen LogP contribution in [0.4, 0.5) is 0 Å². The van der Waals surface area contributed by atoms with Gasteiger partial charge in [0, 0.05) is 0 Å². The topological polar surface area (TPSA) is 40.5 Å². The zero-order chi connectivity index (χ0) is 6.73. The van der Waals surface area contributed by atoms with Gasteiger partial charge in [-0.25, -0.2) is 0 Å². The lowest BCUT2D eigenvalue weighted by atomic mass is 10.0. The van der Waals surface area contributed by atoms with Gasteiger partial charge in [0.2, 0.25) is 0 Å². The van der Waals surface area contributed by atoms with Crippen LogP contribution in [-0.2, 0) is 0 Å². The molecule has 8 heavy (non-hydrogen) atoms. The van der Waals surface area contributed by atoms with Crippen LogP contribution in [-0.4, -0.2) is 22.4 Å². The summed E-state index contributed by atoms with van der Waals surface area (Å²) in [5.41, 5.74) is 0. The molecular weight excluding hydrogens is 104 g/mol. The average Bonchev–Trinajstić information content (AvgIpc) is 1.64. The molecule has 0 heterocycles. The van der Waals surface area contributed by atoms with Gasteiger partial charge in [-0.15, -0.1) is 0 Å². The van der Waals surface area contributed by atoms with Crippen LogP contribution < -0.4 is 0 Å². The lowest BCUT2D eigenvalue weighted by Crippen LogP contribution is -2.27. The molecule has 0 bridgehead atoms. The zero-order valence-corrected chi connectivity index (χ0v) is 5.63. The van der Waals surface area contributed by atoms with Gasteiger partial charge in [0.15, 0.2) is 0 Å². The third-order valence-electron chi connectivity index (χ3n) is 1.18. The Bertz CT molecular complexity index is 51.5. The highest BCUT2D eigenvalue weighted by Gasteiger charge is 2.13. The molecule has 2 heteroatoms. The van der Waals surface area contributed by atoms with E-state index in [4.69, 9.17) is 10.2 Å². The second-order valence-corrected chi connectivity index (χ2v) is 2.48. The predicted molar refractivity (Wildman–Crippen MR) is 32.5 cm³/mol. The molecule has 0 spiro atoms. The molecule has 0 fully saturated rings. The summed E-state index contributed by atoms with van der Waals surface area (Å²) in [7, 11) is 0. The van der Waals surface area contributed by atoms with Crippen molar-refractivity contribution in [1.29, 1.82) is 0 Å². The van der Waals surface area contributed by atoms with E-state index in [1.807, 2.05) is 13.8 Å². The van der Waals surface area contributed by atoms with Crippen LogP contribution in [0.15, 0.2) is 0 Å². The first-order valence-electron chi connectivity index (χ1n) is 2.92. The lowest BCUT2D eigenvalue weighted by molar-refractivity contribution is 0.00273. The molecule has 50 valence electrons. The quantitative estimate of drug-likeness (QED) is 0.550. The van der Waals surface area contributed by atoms with Crippen molar-refractivity contribution >= 4 is 0 Å². The monoisotopic (exact) mass is 118 g/mol. The van der Waals surface area contributed by atoms with Gasteiger partial charge >= 0.3 is 0 Å². The largest absolute Gasteiger partial charge is 0.391 e. The molecule has 1 unspecified atom stereocenters. The molecule has 0 saturated heterocycles. The number of aliphatic hydroxyl groups excluding tert-OH is 2. The fourth-order valence-corrected chi connectivity index (χ4v) is 0.557. The van der Waals surface area contributed by atoms with Crippen molar-refractivity contribution in [2.75, 3.05) is 0 Å². The Balaban J connectivity index is 3.46. The molecule has 2 nitrogen and oxygen atoms in total. The summed E-state index contributed by atoms with van der Waals surface area (Å²) in [4.78, 5) is 0. The highest BCUT2D eigenvalue weighted by molar-refractivity contribution is 4.64. The molecule has 0 saturated carbocycles.